The Bertz CT molecular complexity index is 1170. The van der Waals surface area contributed by atoms with E-state index in [1.165, 1.54) is 36.9 Å². The highest BCUT2D eigenvalue weighted by Gasteiger charge is 2.56. The minimum absolute atomic E-state index is 0.0351. The molecule has 2 amide bonds. The van der Waals surface area contributed by atoms with Crippen LogP contribution in [0.15, 0.2) is 34.9 Å². The van der Waals surface area contributed by atoms with Crippen molar-refractivity contribution in [3.63, 3.8) is 0 Å². The van der Waals surface area contributed by atoms with E-state index in [2.05, 4.69) is 10.6 Å². The zero-order chi connectivity index (χ0) is 26.3. The van der Waals surface area contributed by atoms with Gasteiger partial charge in [-0.25, -0.2) is 14.4 Å². The van der Waals surface area contributed by atoms with Crippen LogP contribution in [0.5, 0.6) is 0 Å². The summed E-state index contributed by atoms with van der Waals surface area (Å²) in [6.07, 6.45) is -1.47. The van der Waals surface area contributed by atoms with Crippen LogP contribution >= 0.6 is 11.8 Å². The molecule has 3 aliphatic heterocycles. The van der Waals surface area contributed by atoms with Crippen molar-refractivity contribution in [1.29, 1.82) is 0 Å². The molecule has 36 heavy (non-hydrogen) atoms. The van der Waals surface area contributed by atoms with E-state index >= 15 is 0 Å². The summed E-state index contributed by atoms with van der Waals surface area (Å²) < 4.78 is 5.15. The van der Waals surface area contributed by atoms with Gasteiger partial charge >= 0.3 is 24.0 Å². The first kappa shape index (κ1) is 25.5. The Labute approximate surface area is 209 Å². The fourth-order valence-electron chi connectivity index (χ4n) is 4.96. The van der Waals surface area contributed by atoms with Crippen LogP contribution in [0.2, 0.25) is 0 Å². The molecule has 3 aliphatic rings. The second kappa shape index (κ2) is 9.82. The Morgan fingerprint density at radius 2 is 1.86 bits per heavy atom. The van der Waals surface area contributed by atoms with Crippen LogP contribution in [0.1, 0.15) is 30.6 Å². The predicted molar refractivity (Wildman–Crippen MR) is 126 cm³/mol. The number of carboxylic acids is 3. The quantitative estimate of drug-likeness (QED) is 0.353. The molecule has 3 heterocycles. The maximum Gasteiger partial charge on any atom is 0.415 e. The monoisotopic (exact) mass is 519 g/mol. The topological polar surface area (TPSA) is 183 Å². The molecule has 5 N–H and O–H groups in total. The summed E-state index contributed by atoms with van der Waals surface area (Å²) in [5, 5.41) is 34.3. The van der Waals surface area contributed by atoms with Gasteiger partial charge in [0.2, 0.25) is 5.91 Å². The maximum absolute atomic E-state index is 12.7. The summed E-state index contributed by atoms with van der Waals surface area (Å²) in [5.41, 5.74) is 0.0781. The van der Waals surface area contributed by atoms with Gasteiger partial charge < -0.3 is 30.7 Å². The number of carboxylic acid groups (broad SMARTS) is 3. The summed E-state index contributed by atoms with van der Waals surface area (Å²) >= 11 is 1.21. The highest BCUT2D eigenvalue weighted by atomic mass is 32.2. The number of aliphatic carboxylic acids is 2. The van der Waals surface area contributed by atoms with Crippen molar-refractivity contribution in [2.24, 2.45) is 11.8 Å². The number of rotatable bonds is 7. The molecule has 0 bridgehead atoms. The Balaban J connectivity index is 1.49. The number of hydrogen-bond donors (Lipinski definition) is 5. The van der Waals surface area contributed by atoms with E-state index < -0.39 is 54.0 Å². The third-order valence-corrected chi connectivity index (χ3v) is 8.13. The molecule has 2 fully saturated rings. The smallest absolute Gasteiger partial charge is 0.415 e. The summed E-state index contributed by atoms with van der Waals surface area (Å²) in [4.78, 5) is 61.9. The van der Waals surface area contributed by atoms with E-state index in [1.54, 1.807) is 13.0 Å². The Hall–Kier alpha value is -3.58. The van der Waals surface area contributed by atoms with Crippen LogP contribution in [-0.2, 0) is 19.1 Å². The van der Waals surface area contributed by atoms with Crippen molar-refractivity contribution >= 4 is 47.4 Å². The molecular formula is C23H25N3O9S. The van der Waals surface area contributed by atoms with Gasteiger partial charge in [-0.15, -0.1) is 11.8 Å². The van der Waals surface area contributed by atoms with Crippen molar-refractivity contribution in [3.05, 3.63) is 40.4 Å². The SMILES string of the molecule is CC1OC(=O)N2C(C(=O)O)=C(SC3CNC(C(=O)Nc4cccc(C(=O)O)c4)C3)C(C)C2C1C(=O)O. The molecule has 1 aromatic rings. The second-order valence-electron chi connectivity index (χ2n) is 8.93. The predicted octanol–water partition coefficient (Wildman–Crippen LogP) is 1.64. The minimum atomic E-state index is -1.36. The molecule has 2 saturated heterocycles. The van der Waals surface area contributed by atoms with Crippen LogP contribution in [-0.4, -0.2) is 80.1 Å². The number of carbonyl (C=O) groups excluding carboxylic acids is 2. The number of anilines is 1. The largest absolute Gasteiger partial charge is 0.481 e. The van der Waals surface area contributed by atoms with Crippen LogP contribution in [0, 0.1) is 11.8 Å². The van der Waals surface area contributed by atoms with Crippen molar-refractivity contribution < 1.29 is 44.0 Å². The van der Waals surface area contributed by atoms with Gasteiger partial charge in [-0.3, -0.25) is 14.5 Å². The number of nitrogens with one attached hydrogen (secondary N) is 2. The molecule has 6 atom stereocenters. The van der Waals surface area contributed by atoms with E-state index in [9.17, 15) is 34.2 Å². The molecule has 13 heteroatoms. The van der Waals surface area contributed by atoms with Gasteiger partial charge in [-0.2, -0.15) is 0 Å². The molecule has 0 aromatic heterocycles. The highest BCUT2D eigenvalue weighted by Crippen LogP contribution is 2.48. The lowest BCUT2D eigenvalue weighted by atomic mass is 9.86. The van der Waals surface area contributed by atoms with Gasteiger partial charge in [0.25, 0.3) is 0 Å². The van der Waals surface area contributed by atoms with Gasteiger partial charge in [0.15, 0.2) is 0 Å². The highest BCUT2D eigenvalue weighted by molar-refractivity contribution is 8.03. The van der Waals surface area contributed by atoms with Gasteiger partial charge in [0.1, 0.15) is 17.7 Å². The maximum atomic E-state index is 12.7. The van der Waals surface area contributed by atoms with E-state index in [0.29, 0.717) is 23.6 Å². The fourth-order valence-corrected chi connectivity index (χ4v) is 6.44. The minimum Gasteiger partial charge on any atom is -0.481 e. The number of nitrogens with zero attached hydrogens (tertiary/aromatic N) is 1. The number of carbonyl (C=O) groups is 5. The molecule has 1 aromatic carbocycles. The van der Waals surface area contributed by atoms with Gasteiger partial charge in [0.05, 0.1) is 17.6 Å². The normalized spacial score (nSPS) is 29.5. The van der Waals surface area contributed by atoms with E-state index in [4.69, 9.17) is 9.84 Å². The number of thioether (sulfide) groups is 1. The molecule has 4 rings (SSSR count). The van der Waals surface area contributed by atoms with Crippen molar-refractivity contribution in [1.82, 2.24) is 10.2 Å². The number of aromatic carboxylic acids is 1. The summed E-state index contributed by atoms with van der Waals surface area (Å²) in [7, 11) is 0. The Kier molecular flexibility index (Phi) is 6.96. The first-order valence-corrected chi connectivity index (χ1v) is 12.1. The van der Waals surface area contributed by atoms with Crippen LogP contribution < -0.4 is 10.6 Å². The van der Waals surface area contributed by atoms with Crippen molar-refractivity contribution in [2.75, 3.05) is 11.9 Å². The summed E-state index contributed by atoms with van der Waals surface area (Å²) in [5.74, 6) is -5.70. The van der Waals surface area contributed by atoms with E-state index in [-0.39, 0.29) is 22.4 Å². The lowest BCUT2D eigenvalue weighted by Crippen LogP contribution is -2.56. The third-order valence-electron chi connectivity index (χ3n) is 6.62. The van der Waals surface area contributed by atoms with Crippen molar-refractivity contribution in [2.45, 2.75) is 43.7 Å². The number of hydrogen-bond acceptors (Lipinski definition) is 8. The number of ether oxygens (including phenoxy) is 1. The molecule has 12 nitrogen and oxygen atoms in total. The summed E-state index contributed by atoms with van der Waals surface area (Å²) in [6, 6.07) is 4.34. The molecule has 0 radical (unpaired) electrons. The number of amides is 2. The Morgan fingerprint density at radius 3 is 2.50 bits per heavy atom. The lowest BCUT2D eigenvalue weighted by Gasteiger charge is -2.39. The van der Waals surface area contributed by atoms with E-state index in [0.717, 1.165) is 4.90 Å². The van der Waals surface area contributed by atoms with E-state index in [1.807, 2.05) is 0 Å². The average Bonchev–Trinajstić information content (AvgIpc) is 3.38. The van der Waals surface area contributed by atoms with Crippen LogP contribution in [0.4, 0.5) is 10.5 Å². The third kappa shape index (κ3) is 4.63. The average molecular weight is 520 g/mol. The molecule has 6 unspecified atom stereocenters. The second-order valence-corrected chi connectivity index (χ2v) is 10.3. The van der Waals surface area contributed by atoms with Gasteiger partial charge in [0, 0.05) is 28.3 Å². The molecule has 0 aliphatic carbocycles. The molecule has 0 saturated carbocycles. The first-order valence-electron chi connectivity index (χ1n) is 11.2. The molecule has 192 valence electrons. The standard InChI is InChI=1S/C23H25N3O9S/c1-9-16-15(21(30)31)10(2)35-23(34)26(16)17(22(32)33)18(9)36-13-7-14(24-8-13)19(27)25-12-5-3-4-11(6-12)20(28)29/h3-6,9-10,13-16,24H,7-8H2,1-2H3,(H,25,27)(H,28,29)(H,30,31)(H,32,33). The Morgan fingerprint density at radius 1 is 1.14 bits per heavy atom. The zero-order valence-corrected chi connectivity index (χ0v) is 20.2. The zero-order valence-electron chi connectivity index (χ0n) is 19.3. The number of fused-ring (bicyclic) bond motifs is 1. The molecule has 0 spiro atoms. The van der Waals surface area contributed by atoms with Gasteiger partial charge in [-0.05, 0) is 31.5 Å². The lowest BCUT2D eigenvalue weighted by molar-refractivity contribution is -0.153. The van der Waals surface area contributed by atoms with Crippen molar-refractivity contribution in [3.8, 4) is 0 Å². The number of cyclic esters (lactones) is 1. The first-order chi connectivity index (χ1) is 17.0. The fraction of sp³-hybridized carbons (Fsp3) is 0.435. The van der Waals surface area contributed by atoms with Crippen LogP contribution in [0.3, 0.4) is 0 Å². The van der Waals surface area contributed by atoms with Crippen LogP contribution in [0.25, 0.3) is 0 Å². The summed E-state index contributed by atoms with van der Waals surface area (Å²) in [6.45, 7) is 3.54. The number of benzene rings is 1. The molecular weight excluding hydrogens is 494 g/mol. The van der Waals surface area contributed by atoms with Gasteiger partial charge in [-0.1, -0.05) is 13.0 Å².